The Morgan fingerprint density at radius 2 is 2.07 bits per heavy atom. The average molecular weight is 404 g/mol. The maximum atomic E-state index is 12.6. The van der Waals surface area contributed by atoms with E-state index in [4.69, 9.17) is 16.3 Å². The van der Waals surface area contributed by atoms with Crippen molar-refractivity contribution in [1.29, 1.82) is 0 Å². The van der Waals surface area contributed by atoms with Gasteiger partial charge in [0.25, 0.3) is 5.69 Å². The predicted octanol–water partition coefficient (Wildman–Crippen LogP) is 3.87. The zero-order valence-corrected chi connectivity index (χ0v) is 16.1. The highest BCUT2D eigenvalue weighted by Gasteiger charge is 2.22. The number of benzene rings is 2. The number of ether oxygens (including phenoxy) is 1. The van der Waals surface area contributed by atoms with Gasteiger partial charge in [-0.3, -0.25) is 19.8 Å². The topological polar surface area (TPSA) is 84.7 Å². The standard InChI is InChI=1S/C20H22ClN3O4/c21-16-8-9-18(19(11-16)24(26)27)22-20(25)14-23(13-17-7-4-10-28-17)12-15-5-2-1-3-6-15/h1-3,5-6,8-9,11,17H,4,7,10,12-14H2,(H,22,25). The van der Waals surface area contributed by atoms with Crippen molar-refractivity contribution in [1.82, 2.24) is 4.90 Å². The Bertz CT molecular complexity index is 825. The number of nitro benzene ring substituents is 1. The number of nitrogens with zero attached hydrogens (tertiary/aromatic N) is 2. The normalized spacial score (nSPS) is 16.3. The lowest BCUT2D eigenvalue weighted by Gasteiger charge is -2.24. The van der Waals surface area contributed by atoms with Crippen LogP contribution in [0.4, 0.5) is 11.4 Å². The quantitative estimate of drug-likeness (QED) is 0.534. The molecule has 0 aliphatic carbocycles. The van der Waals surface area contributed by atoms with Crippen molar-refractivity contribution in [2.24, 2.45) is 0 Å². The number of carbonyl (C=O) groups is 1. The van der Waals surface area contributed by atoms with Gasteiger partial charge in [-0.25, -0.2) is 0 Å². The van der Waals surface area contributed by atoms with Gasteiger partial charge in [0, 0.05) is 30.8 Å². The lowest BCUT2D eigenvalue weighted by atomic mass is 10.2. The van der Waals surface area contributed by atoms with Crippen molar-refractivity contribution in [3.05, 3.63) is 69.2 Å². The van der Waals surface area contributed by atoms with E-state index in [1.807, 2.05) is 35.2 Å². The summed E-state index contributed by atoms with van der Waals surface area (Å²) in [6.45, 7) is 2.07. The SMILES string of the molecule is O=C(CN(Cc1ccccc1)CC1CCCO1)Nc1ccc(Cl)cc1[N+](=O)[O-]. The first-order valence-corrected chi connectivity index (χ1v) is 9.51. The lowest BCUT2D eigenvalue weighted by molar-refractivity contribution is -0.383. The van der Waals surface area contributed by atoms with Crippen LogP contribution < -0.4 is 5.32 Å². The Morgan fingerprint density at radius 1 is 1.29 bits per heavy atom. The molecule has 3 rings (SSSR count). The summed E-state index contributed by atoms with van der Waals surface area (Å²) in [5.74, 6) is -0.320. The third kappa shape index (κ3) is 5.76. The molecule has 2 aromatic carbocycles. The molecule has 1 aliphatic heterocycles. The number of carbonyl (C=O) groups excluding carboxylic acids is 1. The molecular weight excluding hydrogens is 382 g/mol. The first kappa shape index (κ1) is 20.3. The summed E-state index contributed by atoms with van der Waals surface area (Å²) in [6.07, 6.45) is 2.09. The number of nitrogens with one attached hydrogen (secondary N) is 1. The fraction of sp³-hybridized carbons (Fsp3) is 0.350. The van der Waals surface area contributed by atoms with E-state index in [0.717, 1.165) is 25.0 Å². The number of rotatable bonds is 8. The van der Waals surface area contributed by atoms with Crippen molar-refractivity contribution in [3.63, 3.8) is 0 Å². The monoisotopic (exact) mass is 403 g/mol. The van der Waals surface area contributed by atoms with E-state index in [0.29, 0.717) is 13.1 Å². The molecule has 148 valence electrons. The number of nitro groups is 1. The molecule has 1 aliphatic rings. The predicted molar refractivity (Wildman–Crippen MR) is 107 cm³/mol. The van der Waals surface area contributed by atoms with Gasteiger partial charge >= 0.3 is 0 Å². The maximum absolute atomic E-state index is 12.6. The Labute approximate surface area is 168 Å². The first-order chi connectivity index (χ1) is 13.5. The van der Waals surface area contributed by atoms with Gasteiger partial charge in [-0.05, 0) is 30.5 Å². The minimum Gasteiger partial charge on any atom is -0.377 e. The van der Waals surface area contributed by atoms with Gasteiger partial charge in [-0.2, -0.15) is 0 Å². The minimum absolute atomic E-state index is 0.0985. The summed E-state index contributed by atoms with van der Waals surface area (Å²) in [4.78, 5) is 25.3. The van der Waals surface area contributed by atoms with Gasteiger partial charge in [-0.1, -0.05) is 41.9 Å². The van der Waals surface area contributed by atoms with Crippen LogP contribution in [0.5, 0.6) is 0 Å². The van der Waals surface area contributed by atoms with E-state index in [2.05, 4.69) is 5.32 Å². The number of halogens is 1. The fourth-order valence-corrected chi connectivity index (χ4v) is 3.42. The second-order valence-electron chi connectivity index (χ2n) is 6.76. The molecule has 1 atom stereocenters. The van der Waals surface area contributed by atoms with Crippen LogP contribution in [0.1, 0.15) is 18.4 Å². The highest BCUT2D eigenvalue weighted by molar-refractivity contribution is 6.31. The number of hydrogen-bond donors (Lipinski definition) is 1. The zero-order chi connectivity index (χ0) is 19.9. The van der Waals surface area contributed by atoms with E-state index >= 15 is 0 Å². The molecule has 1 saturated heterocycles. The van der Waals surface area contributed by atoms with Gasteiger partial charge in [0.05, 0.1) is 17.6 Å². The van der Waals surface area contributed by atoms with E-state index in [1.165, 1.54) is 18.2 Å². The van der Waals surface area contributed by atoms with E-state index in [-0.39, 0.29) is 35.0 Å². The second-order valence-corrected chi connectivity index (χ2v) is 7.19. The third-order valence-corrected chi connectivity index (χ3v) is 4.77. The molecule has 7 nitrogen and oxygen atoms in total. The molecular formula is C20H22ClN3O4. The first-order valence-electron chi connectivity index (χ1n) is 9.13. The van der Waals surface area contributed by atoms with Gasteiger partial charge in [0.15, 0.2) is 0 Å². The third-order valence-electron chi connectivity index (χ3n) is 4.53. The van der Waals surface area contributed by atoms with Crippen LogP contribution in [0.2, 0.25) is 5.02 Å². The largest absolute Gasteiger partial charge is 0.377 e. The molecule has 2 aromatic rings. The Morgan fingerprint density at radius 3 is 2.75 bits per heavy atom. The summed E-state index contributed by atoms with van der Waals surface area (Å²) in [5, 5.41) is 14.1. The molecule has 1 fully saturated rings. The molecule has 1 heterocycles. The van der Waals surface area contributed by atoms with Crippen molar-refractivity contribution in [2.45, 2.75) is 25.5 Å². The van der Waals surface area contributed by atoms with Crippen molar-refractivity contribution in [2.75, 3.05) is 25.0 Å². The van der Waals surface area contributed by atoms with Crippen LogP contribution in [0.25, 0.3) is 0 Å². The molecule has 0 spiro atoms. The summed E-state index contributed by atoms with van der Waals surface area (Å²) in [6, 6.07) is 14.0. The molecule has 1 N–H and O–H groups in total. The smallest absolute Gasteiger partial charge is 0.294 e. The fourth-order valence-electron chi connectivity index (χ4n) is 3.26. The highest BCUT2D eigenvalue weighted by Crippen LogP contribution is 2.27. The van der Waals surface area contributed by atoms with Crippen molar-refractivity contribution < 1.29 is 14.5 Å². The van der Waals surface area contributed by atoms with Crippen LogP contribution >= 0.6 is 11.6 Å². The molecule has 8 heteroatoms. The summed E-state index contributed by atoms with van der Waals surface area (Å²) in [5.41, 5.74) is 0.997. The van der Waals surface area contributed by atoms with Crippen LogP contribution in [0.15, 0.2) is 48.5 Å². The van der Waals surface area contributed by atoms with E-state index in [1.54, 1.807) is 0 Å². The summed E-state index contributed by atoms with van der Waals surface area (Å²) < 4.78 is 5.71. The highest BCUT2D eigenvalue weighted by atomic mass is 35.5. The molecule has 0 aromatic heterocycles. The number of hydrogen-bond acceptors (Lipinski definition) is 5. The van der Waals surface area contributed by atoms with E-state index in [9.17, 15) is 14.9 Å². The van der Waals surface area contributed by atoms with Crippen molar-refractivity contribution in [3.8, 4) is 0 Å². The van der Waals surface area contributed by atoms with Gasteiger partial charge in [0.2, 0.25) is 5.91 Å². The molecule has 0 saturated carbocycles. The Hall–Kier alpha value is -2.48. The molecule has 0 radical (unpaired) electrons. The van der Waals surface area contributed by atoms with Crippen LogP contribution in [0, 0.1) is 10.1 Å². The maximum Gasteiger partial charge on any atom is 0.294 e. The van der Waals surface area contributed by atoms with Crippen molar-refractivity contribution >= 4 is 28.9 Å². The Kier molecular flexibility index (Phi) is 6.97. The molecule has 1 unspecified atom stereocenters. The molecule has 0 bridgehead atoms. The van der Waals surface area contributed by atoms with E-state index < -0.39 is 4.92 Å². The number of amides is 1. The molecule has 1 amide bonds. The van der Waals surface area contributed by atoms with Crippen LogP contribution in [0.3, 0.4) is 0 Å². The Balaban J connectivity index is 1.69. The summed E-state index contributed by atoms with van der Waals surface area (Å²) >= 11 is 5.83. The van der Waals surface area contributed by atoms with Crippen LogP contribution in [-0.4, -0.2) is 41.5 Å². The second kappa shape index (κ2) is 9.64. The molecule has 28 heavy (non-hydrogen) atoms. The van der Waals surface area contributed by atoms with Crippen LogP contribution in [-0.2, 0) is 16.1 Å². The van der Waals surface area contributed by atoms with Gasteiger partial charge < -0.3 is 10.1 Å². The minimum atomic E-state index is -0.560. The van der Waals surface area contributed by atoms with Gasteiger partial charge in [-0.15, -0.1) is 0 Å². The average Bonchev–Trinajstić information content (AvgIpc) is 3.16. The summed E-state index contributed by atoms with van der Waals surface area (Å²) in [7, 11) is 0. The number of anilines is 1. The zero-order valence-electron chi connectivity index (χ0n) is 15.3. The van der Waals surface area contributed by atoms with Gasteiger partial charge in [0.1, 0.15) is 5.69 Å². The lowest BCUT2D eigenvalue weighted by Crippen LogP contribution is -2.38.